The standard InChI is InChI=1S/C19H18Cl2N2O4/c1-26-18-10-23-16(7-17(18)27-11-4-2-3-5-11)13(19(24)25)6-12-14(20)8-22-9-15(12)21/h6-11H,2-5H2,1H3,(H,24,25)/b13-6+. The van der Waals surface area contributed by atoms with Crippen LogP contribution in [0.1, 0.15) is 36.9 Å². The van der Waals surface area contributed by atoms with Gasteiger partial charge in [0.1, 0.15) is 0 Å². The average molecular weight is 409 g/mol. The molecule has 2 aromatic rings. The highest BCUT2D eigenvalue weighted by atomic mass is 35.5. The zero-order valence-electron chi connectivity index (χ0n) is 14.6. The molecule has 6 nitrogen and oxygen atoms in total. The lowest BCUT2D eigenvalue weighted by molar-refractivity contribution is -0.130. The molecule has 0 spiro atoms. The molecule has 2 heterocycles. The highest BCUT2D eigenvalue weighted by Gasteiger charge is 2.21. The number of aromatic nitrogens is 2. The second-order valence-electron chi connectivity index (χ2n) is 6.12. The number of ether oxygens (including phenoxy) is 2. The molecular weight excluding hydrogens is 391 g/mol. The van der Waals surface area contributed by atoms with Gasteiger partial charge in [0.2, 0.25) is 0 Å². The van der Waals surface area contributed by atoms with Gasteiger partial charge in [0, 0.05) is 24.0 Å². The number of hydrogen-bond donors (Lipinski definition) is 1. The smallest absolute Gasteiger partial charge is 0.337 e. The van der Waals surface area contributed by atoms with Crippen molar-refractivity contribution in [1.82, 2.24) is 9.97 Å². The van der Waals surface area contributed by atoms with Crippen molar-refractivity contribution in [2.75, 3.05) is 7.11 Å². The van der Waals surface area contributed by atoms with Gasteiger partial charge in [0.05, 0.1) is 40.7 Å². The number of carboxylic acid groups (broad SMARTS) is 1. The molecule has 0 atom stereocenters. The van der Waals surface area contributed by atoms with Crippen LogP contribution in [0.2, 0.25) is 10.0 Å². The summed E-state index contributed by atoms with van der Waals surface area (Å²) in [6, 6.07) is 1.57. The van der Waals surface area contributed by atoms with Crippen LogP contribution in [0.5, 0.6) is 11.5 Å². The summed E-state index contributed by atoms with van der Waals surface area (Å²) in [4.78, 5) is 19.9. The third-order valence-electron chi connectivity index (χ3n) is 4.33. The van der Waals surface area contributed by atoms with Gasteiger partial charge in [0.25, 0.3) is 0 Å². The Balaban J connectivity index is 2.03. The van der Waals surface area contributed by atoms with Gasteiger partial charge in [-0.05, 0) is 31.8 Å². The zero-order valence-corrected chi connectivity index (χ0v) is 16.1. The van der Waals surface area contributed by atoms with E-state index in [1.807, 2.05) is 0 Å². The fraction of sp³-hybridized carbons (Fsp3) is 0.316. The number of nitrogens with zero attached hydrogens (tertiary/aromatic N) is 2. The number of halogens is 2. The largest absolute Gasteiger partial charge is 0.491 e. The van der Waals surface area contributed by atoms with Crippen LogP contribution in [0.15, 0.2) is 24.7 Å². The van der Waals surface area contributed by atoms with Crippen molar-refractivity contribution in [3.8, 4) is 11.5 Å². The molecule has 27 heavy (non-hydrogen) atoms. The minimum Gasteiger partial charge on any atom is -0.491 e. The predicted octanol–water partition coefficient (Wildman–Crippen LogP) is 4.74. The molecule has 142 valence electrons. The van der Waals surface area contributed by atoms with Crippen LogP contribution in [-0.4, -0.2) is 34.3 Å². The van der Waals surface area contributed by atoms with Gasteiger partial charge in [-0.15, -0.1) is 0 Å². The Labute approximate surface area is 166 Å². The number of carbonyl (C=O) groups is 1. The molecule has 1 fully saturated rings. The summed E-state index contributed by atoms with van der Waals surface area (Å²) < 4.78 is 11.3. The van der Waals surface area contributed by atoms with Crippen LogP contribution in [0.4, 0.5) is 0 Å². The maximum Gasteiger partial charge on any atom is 0.337 e. The first kappa shape index (κ1) is 19.5. The number of methoxy groups -OCH3 is 1. The van der Waals surface area contributed by atoms with Crippen LogP contribution in [0.3, 0.4) is 0 Å². The van der Waals surface area contributed by atoms with E-state index in [1.165, 1.54) is 31.8 Å². The van der Waals surface area contributed by atoms with E-state index >= 15 is 0 Å². The molecule has 0 bridgehead atoms. The van der Waals surface area contributed by atoms with E-state index in [1.54, 1.807) is 6.07 Å². The zero-order chi connectivity index (χ0) is 19.4. The molecule has 2 aromatic heterocycles. The van der Waals surface area contributed by atoms with Crippen LogP contribution in [-0.2, 0) is 4.79 Å². The van der Waals surface area contributed by atoms with Crippen molar-refractivity contribution in [2.45, 2.75) is 31.8 Å². The Morgan fingerprint density at radius 3 is 2.44 bits per heavy atom. The second-order valence-corrected chi connectivity index (χ2v) is 6.94. The van der Waals surface area contributed by atoms with Crippen molar-refractivity contribution in [2.24, 2.45) is 0 Å². The minimum atomic E-state index is -1.16. The van der Waals surface area contributed by atoms with Crippen LogP contribution in [0.25, 0.3) is 11.6 Å². The Bertz CT molecular complexity index is 860. The molecular formula is C19H18Cl2N2O4. The monoisotopic (exact) mass is 408 g/mol. The summed E-state index contributed by atoms with van der Waals surface area (Å²) in [5.74, 6) is -0.243. The summed E-state index contributed by atoms with van der Waals surface area (Å²) >= 11 is 12.2. The van der Waals surface area contributed by atoms with E-state index in [9.17, 15) is 9.90 Å². The SMILES string of the molecule is COc1cnc(/C(=C\c2c(Cl)cncc2Cl)C(=O)O)cc1OC1CCCC1. The summed E-state index contributed by atoms with van der Waals surface area (Å²) in [7, 11) is 1.52. The lowest BCUT2D eigenvalue weighted by Gasteiger charge is -2.16. The molecule has 1 saturated carbocycles. The van der Waals surface area contributed by atoms with Gasteiger partial charge in [-0.3, -0.25) is 9.97 Å². The van der Waals surface area contributed by atoms with Gasteiger partial charge < -0.3 is 14.6 Å². The molecule has 0 amide bonds. The molecule has 8 heteroatoms. The van der Waals surface area contributed by atoms with E-state index in [2.05, 4.69) is 9.97 Å². The Hall–Kier alpha value is -2.31. The molecule has 0 aromatic carbocycles. The number of carboxylic acids is 1. The van der Waals surface area contributed by atoms with Crippen LogP contribution < -0.4 is 9.47 Å². The number of hydrogen-bond acceptors (Lipinski definition) is 5. The predicted molar refractivity (Wildman–Crippen MR) is 103 cm³/mol. The van der Waals surface area contributed by atoms with Gasteiger partial charge in [0.15, 0.2) is 11.5 Å². The summed E-state index contributed by atoms with van der Waals surface area (Å²) in [5, 5.41) is 10.2. The molecule has 3 rings (SSSR count). The molecule has 0 aliphatic heterocycles. The third-order valence-corrected chi connectivity index (χ3v) is 4.94. The quantitative estimate of drug-likeness (QED) is 0.695. The van der Waals surface area contributed by atoms with Crippen molar-refractivity contribution >= 4 is 40.8 Å². The van der Waals surface area contributed by atoms with Crippen molar-refractivity contribution in [3.63, 3.8) is 0 Å². The number of pyridine rings is 2. The Kier molecular flexibility index (Phi) is 6.19. The Morgan fingerprint density at radius 1 is 1.19 bits per heavy atom. The van der Waals surface area contributed by atoms with Crippen molar-refractivity contribution in [1.29, 1.82) is 0 Å². The Morgan fingerprint density at radius 2 is 1.85 bits per heavy atom. The van der Waals surface area contributed by atoms with Gasteiger partial charge >= 0.3 is 5.97 Å². The normalized spacial score (nSPS) is 15.0. The van der Waals surface area contributed by atoms with Gasteiger partial charge in [-0.2, -0.15) is 0 Å². The first-order valence-corrected chi connectivity index (χ1v) is 9.20. The topological polar surface area (TPSA) is 81.5 Å². The first-order chi connectivity index (χ1) is 13.0. The first-order valence-electron chi connectivity index (χ1n) is 8.44. The molecule has 1 aliphatic rings. The fourth-order valence-corrected chi connectivity index (χ4v) is 3.43. The molecule has 0 radical (unpaired) electrons. The highest BCUT2D eigenvalue weighted by Crippen LogP contribution is 2.34. The van der Waals surface area contributed by atoms with Crippen LogP contribution >= 0.6 is 23.2 Å². The molecule has 0 saturated heterocycles. The molecule has 1 N–H and O–H groups in total. The van der Waals surface area contributed by atoms with Gasteiger partial charge in [-0.1, -0.05) is 23.2 Å². The lowest BCUT2D eigenvalue weighted by Crippen LogP contribution is -2.12. The average Bonchev–Trinajstić information content (AvgIpc) is 3.14. The van der Waals surface area contributed by atoms with E-state index in [0.717, 1.165) is 25.7 Å². The highest BCUT2D eigenvalue weighted by molar-refractivity contribution is 6.38. The van der Waals surface area contributed by atoms with Crippen LogP contribution in [0, 0.1) is 0 Å². The molecule has 0 unspecified atom stereocenters. The summed E-state index contributed by atoms with van der Waals surface area (Å²) in [6.07, 6.45) is 9.87. The lowest BCUT2D eigenvalue weighted by atomic mass is 10.1. The number of rotatable bonds is 6. The summed E-state index contributed by atoms with van der Waals surface area (Å²) in [6.45, 7) is 0. The van der Waals surface area contributed by atoms with E-state index in [-0.39, 0.29) is 27.4 Å². The van der Waals surface area contributed by atoms with E-state index < -0.39 is 5.97 Å². The number of aliphatic carboxylic acids is 1. The van der Waals surface area contributed by atoms with Crippen molar-refractivity contribution in [3.05, 3.63) is 46.0 Å². The third kappa shape index (κ3) is 4.51. The van der Waals surface area contributed by atoms with E-state index in [4.69, 9.17) is 32.7 Å². The second kappa shape index (κ2) is 8.59. The maximum absolute atomic E-state index is 11.9. The van der Waals surface area contributed by atoms with Crippen molar-refractivity contribution < 1.29 is 19.4 Å². The van der Waals surface area contributed by atoms with E-state index in [0.29, 0.717) is 17.1 Å². The van der Waals surface area contributed by atoms with Gasteiger partial charge in [-0.25, -0.2) is 4.79 Å². The molecule has 1 aliphatic carbocycles. The minimum absolute atomic E-state index is 0.0658. The maximum atomic E-state index is 11.9. The summed E-state index contributed by atoms with van der Waals surface area (Å²) in [5.41, 5.74) is 0.519. The fourth-order valence-electron chi connectivity index (χ4n) is 2.95.